The molecule has 0 aliphatic rings. The molecule has 6 nitrogen and oxygen atoms in total. The summed E-state index contributed by atoms with van der Waals surface area (Å²) in [6.45, 7) is 0. The molecule has 0 saturated heterocycles. The lowest BCUT2D eigenvalue weighted by atomic mass is 9.96. The van der Waals surface area contributed by atoms with Gasteiger partial charge in [-0.05, 0) is 40.6 Å². The Morgan fingerprint density at radius 1 is 0.703 bits per heavy atom. The molecule has 182 valence electrons. The average molecular weight is 490 g/mol. The number of ether oxygens (including phenoxy) is 3. The van der Waals surface area contributed by atoms with E-state index < -0.39 is 5.63 Å². The van der Waals surface area contributed by atoms with Crippen LogP contribution in [-0.2, 0) is 0 Å². The first-order valence-electron chi connectivity index (χ1n) is 11.8. The summed E-state index contributed by atoms with van der Waals surface area (Å²) in [6.07, 6.45) is 0. The lowest BCUT2D eigenvalue weighted by Crippen LogP contribution is -2.05. The van der Waals surface area contributed by atoms with Crippen molar-refractivity contribution >= 4 is 32.6 Å². The van der Waals surface area contributed by atoms with Crippen molar-refractivity contribution < 1.29 is 18.6 Å². The molecule has 6 rings (SSSR count). The van der Waals surface area contributed by atoms with Gasteiger partial charge in [-0.25, -0.2) is 9.78 Å². The van der Waals surface area contributed by atoms with E-state index in [1.807, 2.05) is 84.9 Å². The molecule has 6 heteroatoms. The second-order valence-corrected chi connectivity index (χ2v) is 8.61. The summed E-state index contributed by atoms with van der Waals surface area (Å²) >= 11 is 0. The molecule has 2 heterocycles. The van der Waals surface area contributed by atoms with Gasteiger partial charge in [-0.15, -0.1) is 0 Å². The maximum Gasteiger partial charge on any atom is 0.346 e. The van der Waals surface area contributed by atoms with Crippen LogP contribution in [0.25, 0.3) is 55.0 Å². The summed E-state index contributed by atoms with van der Waals surface area (Å²) in [4.78, 5) is 18.6. The number of fused-ring (bicyclic) bond motifs is 5. The van der Waals surface area contributed by atoms with E-state index >= 15 is 0 Å². The van der Waals surface area contributed by atoms with Crippen LogP contribution in [0.5, 0.6) is 17.2 Å². The SMILES string of the molecule is COc1cc(-c2cc(-c3ccccc3)nc3c2c(=O)oc2ccc4ccccc4c23)cc(OC)c1OC. The van der Waals surface area contributed by atoms with Gasteiger partial charge in [0.05, 0.1) is 43.3 Å². The van der Waals surface area contributed by atoms with Crippen molar-refractivity contribution in [2.75, 3.05) is 21.3 Å². The van der Waals surface area contributed by atoms with E-state index in [1.165, 1.54) is 0 Å². The van der Waals surface area contributed by atoms with Gasteiger partial charge >= 0.3 is 5.63 Å². The van der Waals surface area contributed by atoms with E-state index in [0.717, 1.165) is 27.4 Å². The Morgan fingerprint density at radius 2 is 1.41 bits per heavy atom. The van der Waals surface area contributed by atoms with Crippen LogP contribution in [0.1, 0.15) is 0 Å². The van der Waals surface area contributed by atoms with Crippen molar-refractivity contribution in [2.24, 2.45) is 0 Å². The van der Waals surface area contributed by atoms with Crippen molar-refractivity contribution in [2.45, 2.75) is 0 Å². The quantitative estimate of drug-likeness (QED) is 0.195. The molecule has 0 spiro atoms. The second kappa shape index (κ2) is 8.99. The molecule has 2 aromatic heterocycles. The molecule has 0 unspecified atom stereocenters. The van der Waals surface area contributed by atoms with Crippen molar-refractivity contribution in [1.29, 1.82) is 0 Å². The molecule has 6 aromatic rings. The summed E-state index contributed by atoms with van der Waals surface area (Å²) in [5, 5.41) is 3.17. The highest BCUT2D eigenvalue weighted by molar-refractivity contribution is 6.19. The molecule has 0 aliphatic heterocycles. The molecular weight excluding hydrogens is 466 g/mol. The first kappa shape index (κ1) is 22.6. The molecule has 0 radical (unpaired) electrons. The van der Waals surface area contributed by atoms with Gasteiger partial charge < -0.3 is 18.6 Å². The van der Waals surface area contributed by atoms with Crippen LogP contribution >= 0.6 is 0 Å². The number of aromatic nitrogens is 1. The molecule has 0 atom stereocenters. The minimum Gasteiger partial charge on any atom is -0.493 e. The minimum atomic E-state index is -0.464. The van der Waals surface area contributed by atoms with E-state index in [-0.39, 0.29) is 0 Å². The van der Waals surface area contributed by atoms with Gasteiger partial charge in [-0.2, -0.15) is 0 Å². The normalized spacial score (nSPS) is 11.2. The third-order valence-corrected chi connectivity index (χ3v) is 6.60. The topological polar surface area (TPSA) is 70.8 Å². The fraction of sp³-hybridized carbons (Fsp3) is 0.0968. The predicted molar refractivity (Wildman–Crippen MR) is 146 cm³/mol. The number of hydrogen-bond donors (Lipinski definition) is 0. The zero-order chi connectivity index (χ0) is 25.5. The van der Waals surface area contributed by atoms with Gasteiger partial charge in [0.15, 0.2) is 11.5 Å². The van der Waals surface area contributed by atoms with Crippen LogP contribution in [0.2, 0.25) is 0 Å². The molecule has 0 bridgehead atoms. The highest BCUT2D eigenvalue weighted by Gasteiger charge is 2.21. The average Bonchev–Trinajstić information content (AvgIpc) is 2.95. The molecule has 0 saturated carbocycles. The molecule has 37 heavy (non-hydrogen) atoms. The van der Waals surface area contributed by atoms with Gasteiger partial charge in [-0.3, -0.25) is 0 Å². The number of hydrogen-bond acceptors (Lipinski definition) is 6. The van der Waals surface area contributed by atoms with Crippen LogP contribution in [0, 0.1) is 0 Å². The fourth-order valence-electron chi connectivity index (χ4n) is 4.89. The number of benzene rings is 4. The maximum atomic E-state index is 13.5. The molecule has 0 aliphatic carbocycles. The van der Waals surface area contributed by atoms with Gasteiger partial charge in [0, 0.05) is 11.1 Å². The number of rotatable bonds is 5. The standard InChI is InChI=1S/C31H23NO5/c1-34-25-15-20(16-26(35-2)30(25)36-3)22-17-23(19-10-5-4-6-11-19)32-29-27-21-12-8-7-9-18(21)13-14-24(27)37-31(33)28(22)29/h4-17H,1-3H3. The lowest BCUT2D eigenvalue weighted by Gasteiger charge is -2.16. The van der Waals surface area contributed by atoms with Gasteiger partial charge in [0.1, 0.15) is 5.58 Å². The Bertz CT molecular complexity index is 1830. The molecule has 0 fully saturated rings. The van der Waals surface area contributed by atoms with Gasteiger partial charge in [0.2, 0.25) is 5.75 Å². The van der Waals surface area contributed by atoms with Gasteiger partial charge in [0.25, 0.3) is 0 Å². The summed E-state index contributed by atoms with van der Waals surface area (Å²) < 4.78 is 22.6. The highest BCUT2D eigenvalue weighted by Crippen LogP contribution is 2.43. The first-order chi connectivity index (χ1) is 18.1. The third-order valence-electron chi connectivity index (χ3n) is 6.60. The minimum absolute atomic E-state index is 0.387. The number of pyridine rings is 1. The molecule has 0 N–H and O–H groups in total. The Hall–Kier alpha value is -4.84. The molecule has 0 amide bonds. The first-order valence-corrected chi connectivity index (χ1v) is 11.8. The monoisotopic (exact) mass is 489 g/mol. The van der Waals surface area contributed by atoms with Crippen LogP contribution in [0.15, 0.2) is 94.1 Å². The second-order valence-electron chi connectivity index (χ2n) is 8.61. The lowest BCUT2D eigenvalue weighted by molar-refractivity contribution is 0.324. The van der Waals surface area contributed by atoms with E-state index in [1.54, 1.807) is 21.3 Å². The predicted octanol–water partition coefficient (Wildman–Crippen LogP) is 6.85. The third kappa shape index (κ3) is 3.65. The zero-order valence-corrected chi connectivity index (χ0v) is 20.6. The van der Waals surface area contributed by atoms with Crippen LogP contribution in [-0.4, -0.2) is 26.3 Å². The van der Waals surface area contributed by atoms with E-state index in [9.17, 15) is 4.79 Å². The smallest absolute Gasteiger partial charge is 0.346 e. The van der Waals surface area contributed by atoms with E-state index in [4.69, 9.17) is 23.6 Å². The number of nitrogens with zero attached hydrogens (tertiary/aromatic N) is 1. The summed E-state index contributed by atoms with van der Waals surface area (Å²) in [7, 11) is 4.69. The van der Waals surface area contributed by atoms with Crippen LogP contribution in [0.4, 0.5) is 0 Å². The van der Waals surface area contributed by atoms with Crippen molar-refractivity contribution in [3.8, 4) is 39.6 Å². The Morgan fingerprint density at radius 3 is 2.11 bits per heavy atom. The van der Waals surface area contributed by atoms with Crippen molar-refractivity contribution in [1.82, 2.24) is 4.98 Å². The fourth-order valence-corrected chi connectivity index (χ4v) is 4.89. The molecule has 4 aromatic carbocycles. The maximum absolute atomic E-state index is 13.5. The van der Waals surface area contributed by atoms with Crippen molar-refractivity contribution in [3.63, 3.8) is 0 Å². The van der Waals surface area contributed by atoms with Crippen LogP contribution in [0.3, 0.4) is 0 Å². The number of methoxy groups -OCH3 is 3. The largest absolute Gasteiger partial charge is 0.493 e. The van der Waals surface area contributed by atoms with Crippen molar-refractivity contribution in [3.05, 3.63) is 95.3 Å². The van der Waals surface area contributed by atoms with Crippen LogP contribution < -0.4 is 19.8 Å². The Labute approximate surface area is 212 Å². The Kier molecular flexibility index (Phi) is 5.49. The summed E-state index contributed by atoms with van der Waals surface area (Å²) in [5.74, 6) is 1.44. The van der Waals surface area contributed by atoms with E-state index in [0.29, 0.717) is 44.9 Å². The highest BCUT2D eigenvalue weighted by atomic mass is 16.5. The van der Waals surface area contributed by atoms with Gasteiger partial charge in [-0.1, -0.05) is 60.7 Å². The Balaban J connectivity index is 1.81. The zero-order valence-electron chi connectivity index (χ0n) is 20.6. The summed E-state index contributed by atoms with van der Waals surface area (Å²) in [5.41, 5.74) is 3.64. The molecular formula is C31H23NO5. The summed E-state index contributed by atoms with van der Waals surface area (Å²) in [6, 6.07) is 27.3. The van der Waals surface area contributed by atoms with E-state index in [2.05, 4.69) is 0 Å².